The van der Waals surface area contributed by atoms with Gasteiger partial charge in [0.15, 0.2) is 0 Å². The summed E-state index contributed by atoms with van der Waals surface area (Å²) in [6, 6.07) is -0.602. The first-order chi connectivity index (χ1) is 11.1. The van der Waals surface area contributed by atoms with E-state index < -0.39 is 6.04 Å². The van der Waals surface area contributed by atoms with E-state index in [1.807, 2.05) is 10.8 Å². The molecule has 1 aliphatic rings. The van der Waals surface area contributed by atoms with Crippen LogP contribution in [0.3, 0.4) is 0 Å². The summed E-state index contributed by atoms with van der Waals surface area (Å²) in [6.07, 6.45) is 7.17. The van der Waals surface area contributed by atoms with Gasteiger partial charge in [0.1, 0.15) is 17.6 Å². The Labute approximate surface area is 140 Å². The summed E-state index contributed by atoms with van der Waals surface area (Å²) in [5.74, 6) is 1.21. The van der Waals surface area contributed by atoms with Crippen molar-refractivity contribution in [2.75, 3.05) is 26.2 Å². The van der Waals surface area contributed by atoms with Gasteiger partial charge in [-0.2, -0.15) is 11.8 Å². The fraction of sp³-hybridized carbons (Fsp3) is 0.667. The standard InChI is InChI=1S/C15H24N4O3S/c1-18(22-2)15(21)11(7-9-23-3)17-14(20)12-10-16-13-6-4-5-8-19(12)13/h10-11H,4-9H2,1-3H3,(H,17,20)/t11-/m0/s1. The first kappa shape index (κ1) is 17.8. The molecule has 23 heavy (non-hydrogen) atoms. The lowest BCUT2D eigenvalue weighted by Gasteiger charge is -2.23. The van der Waals surface area contributed by atoms with Crippen LogP contribution in [0.25, 0.3) is 0 Å². The minimum Gasteiger partial charge on any atom is -0.339 e. The molecule has 8 heteroatoms. The van der Waals surface area contributed by atoms with Gasteiger partial charge in [-0.15, -0.1) is 0 Å². The van der Waals surface area contributed by atoms with Crippen LogP contribution in [0.4, 0.5) is 0 Å². The van der Waals surface area contributed by atoms with Crippen LogP contribution >= 0.6 is 11.8 Å². The van der Waals surface area contributed by atoms with E-state index in [1.165, 1.54) is 7.11 Å². The average Bonchev–Trinajstić information content (AvgIpc) is 3.01. The molecule has 0 fully saturated rings. The molecule has 2 rings (SSSR count). The lowest BCUT2D eigenvalue weighted by molar-refractivity contribution is -0.170. The van der Waals surface area contributed by atoms with Gasteiger partial charge in [-0.3, -0.25) is 14.4 Å². The smallest absolute Gasteiger partial charge is 0.270 e. The van der Waals surface area contributed by atoms with E-state index in [9.17, 15) is 9.59 Å². The van der Waals surface area contributed by atoms with Gasteiger partial charge in [0.2, 0.25) is 0 Å². The molecule has 0 aromatic carbocycles. The topological polar surface area (TPSA) is 76.5 Å². The highest BCUT2D eigenvalue weighted by atomic mass is 32.2. The number of aryl methyl sites for hydroxylation is 1. The second kappa shape index (κ2) is 8.35. The summed E-state index contributed by atoms with van der Waals surface area (Å²) < 4.78 is 1.95. The Morgan fingerprint density at radius 1 is 1.52 bits per heavy atom. The third kappa shape index (κ3) is 4.26. The number of fused-ring (bicyclic) bond motifs is 1. The molecule has 0 bridgehead atoms. The largest absolute Gasteiger partial charge is 0.339 e. The predicted octanol–water partition coefficient (Wildman–Crippen LogP) is 1.09. The number of hydrogen-bond acceptors (Lipinski definition) is 5. The molecule has 2 amide bonds. The van der Waals surface area contributed by atoms with Crippen LogP contribution in [0.2, 0.25) is 0 Å². The van der Waals surface area contributed by atoms with Crippen molar-refractivity contribution in [2.45, 2.75) is 38.3 Å². The Balaban J connectivity index is 2.10. The van der Waals surface area contributed by atoms with Gasteiger partial charge in [0.25, 0.3) is 11.8 Å². The fourth-order valence-corrected chi connectivity index (χ4v) is 3.10. The molecule has 0 saturated heterocycles. The number of nitrogens with zero attached hydrogens (tertiary/aromatic N) is 3. The maximum absolute atomic E-state index is 12.6. The molecular formula is C15H24N4O3S. The molecule has 0 aliphatic carbocycles. The number of nitrogens with one attached hydrogen (secondary N) is 1. The van der Waals surface area contributed by atoms with Crippen molar-refractivity contribution in [3.8, 4) is 0 Å². The molecule has 0 saturated carbocycles. The molecule has 1 N–H and O–H groups in total. The monoisotopic (exact) mass is 340 g/mol. The minimum atomic E-state index is -0.602. The Morgan fingerprint density at radius 3 is 3.00 bits per heavy atom. The van der Waals surface area contributed by atoms with E-state index in [0.717, 1.165) is 42.4 Å². The summed E-state index contributed by atoms with van der Waals surface area (Å²) in [5.41, 5.74) is 0.529. The number of carbonyl (C=O) groups is 2. The fourth-order valence-electron chi connectivity index (χ4n) is 2.63. The zero-order chi connectivity index (χ0) is 16.8. The van der Waals surface area contributed by atoms with Gasteiger partial charge in [-0.1, -0.05) is 0 Å². The normalized spacial score (nSPS) is 14.9. The first-order valence-corrected chi connectivity index (χ1v) is 9.13. The van der Waals surface area contributed by atoms with Crippen molar-refractivity contribution in [3.63, 3.8) is 0 Å². The average molecular weight is 340 g/mol. The van der Waals surface area contributed by atoms with Gasteiger partial charge < -0.3 is 9.88 Å². The molecule has 1 aliphatic heterocycles. The zero-order valence-electron chi connectivity index (χ0n) is 13.9. The van der Waals surface area contributed by atoms with E-state index in [-0.39, 0.29) is 11.8 Å². The third-order valence-corrected chi connectivity index (χ3v) is 4.65. The van der Waals surface area contributed by atoms with Crippen LogP contribution < -0.4 is 5.32 Å². The number of thioether (sulfide) groups is 1. The lowest BCUT2D eigenvalue weighted by Crippen LogP contribution is -2.47. The number of carbonyl (C=O) groups excluding carboxylic acids is 2. The van der Waals surface area contributed by atoms with Crippen molar-refractivity contribution in [1.29, 1.82) is 0 Å². The van der Waals surface area contributed by atoms with Crippen LogP contribution in [-0.4, -0.2) is 58.6 Å². The molecule has 2 heterocycles. The van der Waals surface area contributed by atoms with Gasteiger partial charge in [-0.05, 0) is 31.3 Å². The Bertz CT molecular complexity index is 561. The number of likely N-dealkylation sites (N-methyl/N-ethyl adjacent to an activating group) is 1. The number of imidazole rings is 1. The lowest BCUT2D eigenvalue weighted by atomic mass is 10.1. The minimum absolute atomic E-state index is 0.255. The Hall–Kier alpha value is -1.54. The van der Waals surface area contributed by atoms with Crippen molar-refractivity contribution in [3.05, 3.63) is 17.7 Å². The second-order valence-electron chi connectivity index (χ2n) is 5.49. The molecular weight excluding hydrogens is 316 g/mol. The van der Waals surface area contributed by atoms with E-state index in [0.29, 0.717) is 12.1 Å². The third-order valence-electron chi connectivity index (χ3n) is 4.00. The highest BCUT2D eigenvalue weighted by molar-refractivity contribution is 7.98. The summed E-state index contributed by atoms with van der Waals surface area (Å²) >= 11 is 1.63. The second-order valence-corrected chi connectivity index (χ2v) is 6.48. The van der Waals surface area contributed by atoms with Crippen LogP contribution in [-0.2, 0) is 22.6 Å². The Kier molecular flexibility index (Phi) is 6.47. The highest BCUT2D eigenvalue weighted by Gasteiger charge is 2.26. The van der Waals surface area contributed by atoms with E-state index in [1.54, 1.807) is 25.0 Å². The molecule has 1 aromatic rings. The van der Waals surface area contributed by atoms with Crippen molar-refractivity contribution in [1.82, 2.24) is 19.9 Å². The number of rotatable bonds is 7. The van der Waals surface area contributed by atoms with Crippen molar-refractivity contribution in [2.24, 2.45) is 0 Å². The summed E-state index contributed by atoms with van der Waals surface area (Å²) in [6.45, 7) is 0.805. The van der Waals surface area contributed by atoms with Crippen LogP contribution in [0.5, 0.6) is 0 Å². The first-order valence-electron chi connectivity index (χ1n) is 7.74. The molecule has 0 radical (unpaired) electrons. The van der Waals surface area contributed by atoms with Crippen molar-refractivity contribution >= 4 is 23.6 Å². The van der Waals surface area contributed by atoms with Gasteiger partial charge in [-0.25, -0.2) is 10.0 Å². The zero-order valence-corrected chi connectivity index (χ0v) is 14.7. The maximum atomic E-state index is 12.6. The molecule has 1 aromatic heterocycles. The molecule has 0 unspecified atom stereocenters. The summed E-state index contributed by atoms with van der Waals surface area (Å²) in [4.78, 5) is 34.2. The molecule has 7 nitrogen and oxygen atoms in total. The maximum Gasteiger partial charge on any atom is 0.270 e. The molecule has 1 atom stereocenters. The van der Waals surface area contributed by atoms with Crippen LogP contribution in [0.15, 0.2) is 6.20 Å². The van der Waals surface area contributed by atoms with Crippen LogP contribution in [0.1, 0.15) is 35.6 Å². The van der Waals surface area contributed by atoms with Gasteiger partial charge in [0.05, 0.1) is 13.3 Å². The van der Waals surface area contributed by atoms with Crippen LogP contribution in [0, 0.1) is 0 Å². The number of hydrogen-bond donors (Lipinski definition) is 1. The number of aromatic nitrogens is 2. The number of amides is 2. The van der Waals surface area contributed by atoms with Gasteiger partial charge in [0, 0.05) is 20.0 Å². The highest BCUT2D eigenvalue weighted by Crippen LogP contribution is 2.16. The van der Waals surface area contributed by atoms with E-state index in [2.05, 4.69) is 10.3 Å². The SMILES string of the molecule is CON(C)C(=O)[C@H](CCSC)NC(=O)c1cnc2n1CCCC2. The molecule has 0 spiro atoms. The predicted molar refractivity (Wildman–Crippen MR) is 89.2 cm³/mol. The van der Waals surface area contributed by atoms with E-state index in [4.69, 9.17) is 4.84 Å². The van der Waals surface area contributed by atoms with Gasteiger partial charge >= 0.3 is 0 Å². The summed E-state index contributed by atoms with van der Waals surface area (Å²) in [5, 5.41) is 3.98. The molecule has 128 valence electrons. The summed E-state index contributed by atoms with van der Waals surface area (Å²) in [7, 11) is 2.97. The van der Waals surface area contributed by atoms with Crippen molar-refractivity contribution < 1.29 is 14.4 Å². The number of hydroxylamine groups is 2. The Morgan fingerprint density at radius 2 is 2.30 bits per heavy atom. The quantitative estimate of drug-likeness (QED) is 0.752. The van der Waals surface area contributed by atoms with E-state index >= 15 is 0 Å².